The summed E-state index contributed by atoms with van der Waals surface area (Å²) in [6.07, 6.45) is 0. The van der Waals surface area contributed by atoms with Crippen LogP contribution in [0.3, 0.4) is 0 Å². The van der Waals surface area contributed by atoms with Crippen LogP contribution in [0.5, 0.6) is 0 Å². The van der Waals surface area contributed by atoms with Gasteiger partial charge in [-0.2, -0.15) is 13.5 Å². The summed E-state index contributed by atoms with van der Waals surface area (Å²) in [6, 6.07) is 0. The maximum absolute atomic E-state index is 0. The van der Waals surface area contributed by atoms with Crippen molar-refractivity contribution in [3.63, 3.8) is 0 Å². The summed E-state index contributed by atoms with van der Waals surface area (Å²) in [5.74, 6) is 0. The van der Waals surface area contributed by atoms with Crippen molar-refractivity contribution in [1.82, 2.24) is 0 Å². The molecule has 0 aliphatic rings. The van der Waals surface area contributed by atoms with Crippen molar-refractivity contribution in [1.29, 1.82) is 0 Å². The van der Waals surface area contributed by atoms with Crippen LogP contribution in [0, 0.1) is 0 Å². The van der Waals surface area contributed by atoms with Gasteiger partial charge in [-0.3, -0.25) is 0 Å². The van der Waals surface area contributed by atoms with E-state index in [1.165, 1.54) is 0 Å². The smallest absolute Gasteiger partial charge is 0 e. The fourth-order valence-electron chi connectivity index (χ4n) is 0. The van der Waals surface area contributed by atoms with Crippen molar-refractivity contribution in [3.8, 4) is 0 Å². The maximum Gasteiger partial charge on any atom is 0 e. The van der Waals surface area contributed by atoms with Crippen molar-refractivity contribution in [2.24, 2.45) is 0 Å². The van der Waals surface area contributed by atoms with Crippen molar-refractivity contribution in [2.75, 3.05) is 0 Å². The number of hydrogen-bond donors (Lipinski definition) is 0. The molecule has 0 nitrogen and oxygen atoms in total. The molecule has 0 saturated heterocycles. The Bertz CT molecular complexity index is 8.00. The molecule has 5 radical (unpaired) electrons. The van der Waals surface area contributed by atoms with Gasteiger partial charge in [-0.25, -0.2) is 0 Å². The molecule has 0 atom stereocenters. The minimum atomic E-state index is 0. The molecule has 0 spiro atoms. The van der Waals surface area contributed by atoms with Crippen molar-refractivity contribution >= 4 is 56.4 Å². The van der Waals surface area contributed by atoms with E-state index >= 15 is 0 Å². The molecular weight excluding hydrogens is 291 g/mol. The molecule has 0 aliphatic carbocycles. The Morgan fingerprint density at radius 1 is 1.00 bits per heavy atom. The van der Waals surface area contributed by atoms with Gasteiger partial charge >= 0.3 is 0 Å². The second kappa shape index (κ2) is 18.3. The molecule has 0 heterocycles. The van der Waals surface area contributed by atoms with E-state index in [9.17, 15) is 0 Å². The molecule has 0 unspecified atom stereocenters. The average Bonchev–Trinajstić information content (AvgIpc) is 0. The summed E-state index contributed by atoms with van der Waals surface area (Å²) in [7, 11) is 0. The SMILES string of the molecule is S.[In].[Se].[Zn]. The molecule has 0 N–H and O–H groups in total. The Kier molecular flexibility index (Phi) is 150. The third-order valence-electron chi connectivity index (χ3n) is 0. The van der Waals surface area contributed by atoms with Gasteiger partial charge in [0.25, 0.3) is 0 Å². The van der Waals surface area contributed by atoms with E-state index in [1.54, 1.807) is 0 Å². The van der Waals surface area contributed by atoms with Crippen LogP contribution in [0.25, 0.3) is 0 Å². The predicted molar refractivity (Wildman–Crippen MR) is 21.9 cm³/mol. The molecular formula is H2InSSeZn. The van der Waals surface area contributed by atoms with E-state index in [0.29, 0.717) is 0 Å². The molecule has 0 amide bonds. The zero-order chi connectivity index (χ0) is 0. The Hall–Kier alpha value is 2.36. The summed E-state index contributed by atoms with van der Waals surface area (Å²) in [5, 5.41) is 0. The first-order valence-corrected chi connectivity index (χ1v) is 0. The van der Waals surface area contributed by atoms with Crippen molar-refractivity contribution < 1.29 is 19.5 Å². The Labute approximate surface area is 74.9 Å². The van der Waals surface area contributed by atoms with Gasteiger partial charge in [-0.05, 0) is 0 Å². The molecule has 0 bridgehead atoms. The first kappa shape index (κ1) is 32.8. The quantitative estimate of drug-likeness (QED) is 0.521. The Morgan fingerprint density at radius 3 is 1.00 bits per heavy atom. The van der Waals surface area contributed by atoms with Crippen LogP contribution in [0.4, 0.5) is 0 Å². The molecule has 0 aromatic heterocycles. The van der Waals surface area contributed by atoms with Crippen LogP contribution < -0.4 is 0 Å². The molecule has 19 valence electrons. The topological polar surface area (TPSA) is 0 Å². The van der Waals surface area contributed by atoms with Crippen LogP contribution in [-0.2, 0) is 19.5 Å². The summed E-state index contributed by atoms with van der Waals surface area (Å²) in [4.78, 5) is 0. The second-order valence-electron chi connectivity index (χ2n) is 0. The minimum absolute atomic E-state index is 0. The summed E-state index contributed by atoms with van der Waals surface area (Å²) >= 11 is 0. The number of hydrogen-bond acceptors (Lipinski definition) is 0. The molecule has 0 saturated carbocycles. The molecule has 0 aromatic carbocycles. The van der Waals surface area contributed by atoms with Gasteiger partial charge in [0.1, 0.15) is 0 Å². The van der Waals surface area contributed by atoms with Crippen LogP contribution in [-0.4, -0.2) is 42.9 Å². The van der Waals surface area contributed by atoms with Gasteiger partial charge in [-0.1, -0.05) is 0 Å². The van der Waals surface area contributed by atoms with Crippen LogP contribution >= 0.6 is 13.5 Å². The Morgan fingerprint density at radius 2 is 1.00 bits per heavy atom. The van der Waals surface area contributed by atoms with Gasteiger partial charge in [0.15, 0.2) is 0 Å². The first-order chi connectivity index (χ1) is 0. The monoisotopic (exact) mass is 293 g/mol. The summed E-state index contributed by atoms with van der Waals surface area (Å²) < 4.78 is 0. The van der Waals surface area contributed by atoms with Crippen LogP contribution in [0.15, 0.2) is 0 Å². The average molecular weight is 293 g/mol. The zero-order valence-corrected chi connectivity index (χ0v) is 11.2. The molecule has 4 heavy (non-hydrogen) atoms. The van der Waals surface area contributed by atoms with E-state index in [4.69, 9.17) is 0 Å². The third kappa shape index (κ3) is 8.84. The van der Waals surface area contributed by atoms with Crippen LogP contribution in [0.1, 0.15) is 0 Å². The van der Waals surface area contributed by atoms with E-state index in [2.05, 4.69) is 0 Å². The second-order valence-corrected chi connectivity index (χ2v) is 0. The zero-order valence-electron chi connectivity index (χ0n) is 2.19. The predicted octanol–water partition coefficient (Wildman–Crippen LogP) is -0.651. The fourth-order valence-corrected chi connectivity index (χ4v) is 0. The van der Waals surface area contributed by atoms with Crippen LogP contribution in [0.2, 0.25) is 0 Å². The molecule has 0 rings (SSSR count). The molecule has 0 aromatic rings. The van der Waals surface area contributed by atoms with Gasteiger partial charge in [-0.15, -0.1) is 0 Å². The third-order valence-corrected chi connectivity index (χ3v) is 0. The van der Waals surface area contributed by atoms with Gasteiger partial charge in [0, 0.05) is 62.4 Å². The van der Waals surface area contributed by atoms with Crippen molar-refractivity contribution in [3.05, 3.63) is 0 Å². The summed E-state index contributed by atoms with van der Waals surface area (Å²) in [5.41, 5.74) is 0. The van der Waals surface area contributed by atoms with E-state index in [1.807, 2.05) is 0 Å². The normalized spacial score (nSPS) is 0. The van der Waals surface area contributed by atoms with Gasteiger partial charge in [0.05, 0.1) is 0 Å². The molecule has 4 heteroatoms. The minimum Gasteiger partial charge on any atom is -0.197 e. The van der Waals surface area contributed by atoms with E-state index < -0.39 is 0 Å². The molecule has 0 aliphatic heterocycles. The maximum atomic E-state index is 0. The van der Waals surface area contributed by atoms with E-state index in [-0.39, 0.29) is 75.9 Å². The Balaban J connectivity index is 0. The summed E-state index contributed by atoms with van der Waals surface area (Å²) in [6.45, 7) is 0. The molecule has 0 fully saturated rings. The standard InChI is InChI=1S/In.H2S.Se.Zn/h;1H2;;. The first-order valence-electron chi connectivity index (χ1n) is 0. The van der Waals surface area contributed by atoms with Gasteiger partial charge in [0.2, 0.25) is 0 Å². The number of rotatable bonds is 0. The van der Waals surface area contributed by atoms with Crippen molar-refractivity contribution in [2.45, 2.75) is 0 Å². The fraction of sp³-hybridized carbons (Fsp3) is 0. The van der Waals surface area contributed by atoms with E-state index in [0.717, 1.165) is 0 Å². The largest absolute Gasteiger partial charge is 0.197 e. The van der Waals surface area contributed by atoms with Gasteiger partial charge < -0.3 is 0 Å².